The molecule has 0 spiro atoms. The van der Waals surface area contributed by atoms with Crippen LogP contribution in [0, 0.1) is 0 Å². The Kier molecular flexibility index (Phi) is 4.86. The number of allylic oxidation sites excluding steroid dienone is 1. The van der Waals surface area contributed by atoms with Crippen LogP contribution in [0.25, 0.3) is 0 Å². The second kappa shape index (κ2) is 6.66. The number of ketones is 1. The van der Waals surface area contributed by atoms with Gasteiger partial charge in [0, 0.05) is 22.6 Å². The minimum Gasteiger partial charge on any atom is -0.360 e. The highest BCUT2D eigenvalue weighted by Crippen LogP contribution is 2.19. The molecule has 0 saturated heterocycles. The van der Waals surface area contributed by atoms with E-state index in [-0.39, 0.29) is 10.7 Å². The largest absolute Gasteiger partial charge is 0.360 e. The zero-order valence-electron chi connectivity index (χ0n) is 13.0. The average Bonchev–Trinajstić information content (AvgIpc) is 2.47. The maximum Gasteiger partial charge on any atom is 0.261 e. The maximum atomic E-state index is 12.3. The van der Waals surface area contributed by atoms with Crippen molar-refractivity contribution in [3.63, 3.8) is 0 Å². The summed E-state index contributed by atoms with van der Waals surface area (Å²) >= 11 is 0. The summed E-state index contributed by atoms with van der Waals surface area (Å²) in [6.45, 7) is 7.01. The molecule has 2 aromatic carbocycles. The normalized spacial score (nSPS) is 10.9. The van der Waals surface area contributed by atoms with Gasteiger partial charge in [-0.2, -0.15) is 0 Å². The Bertz CT molecular complexity index is 823. The summed E-state index contributed by atoms with van der Waals surface area (Å²) in [5.41, 5.74) is 2.47. The van der Waals surface area contributed by atoms with Gasteiger partial charge in [0.25, 0.3) is 10.0 Å². The average molecular weight is 330 g/mol. The molecule has 120 valence electrons. The Morgan fingerprint density at radius 2 is 1.43 bits per heavy atom. The Labute approximate surface area is 136 Å². The van der Waals surface area contributed by atoms with Crippen molar-refractivity contribution >= 4 is 27.2 Å². The highest BCUT2D eigenvalue weighted by atomic mass is 32.2. The van der Waals surface area contributed by atoms with E-state index in [0.717, 1.165) is 11.4 Å². The minimum atomic E-state index is -3.68. The molecule has 0 radical (unpaired) electrons. The van der Waals surface area contributed by atoms with Crippen LogP contribution in [0.3, 0.4) is 0 Å². The Morgan fingerprint density at radius 1 is 0.913 bits per heavy atom. The highest BCUT2D eigenvalue weighted by molar-refractivity contribution is 7.92. The molecule has 0 amide bonds. The van der Waals surface area contributed by atoms with Gasteiger partial charge in [0.15, 0.2) is 5.78 Å². The van der Waals surface area contributed by atoms with Crippen LogP contribution in [0.4, 0.5) is 11.4 Å². The van der Waals surface area contributed by atoms with E-state index in [2.05, 4.69) is 16.6 Å². The fourth-order valence-electron chi connectivity index (χ4n) is 1.95. The molecular weight excluding hydrogens is 312 g/mol. The molecule has 2 N–H and O–H groups in total. The molecular formula is C17H18N2O3S. The third-order valence-electron chi connectivity index (χ3n) is 3.07. The monoisotopic (exact) mass is 330 g/mol. The molecule has 0 fully saturated rings. The van der Waals surface area contributed by atoms with Crippen molar-refractivity contribution in [2.75, 3.05) is 10.0 Å². The number of anilines is 2. The fraction of sp³-hybridized carbons (Fsp3) is 0.118. The van der Waals surface area contributed by atoms with Crippen molar-refractivity contribution < 1.29 is 13.2 Å². The SMILES string of the molecule is C=C(C)Nc1ccc(S(=O)(=O)Nc2ccc(C(C)=O)cc2)cc1. The first kappa shape index (κ1) is 16.8. The lowest BCUT2D eigenvalue weighted by atomic mass is 10.1. The van der Waals surface area contributed by atoms with Gasteiger partial charge >= 0.3 is 0 Å². The summed E-state index contributed by atoms with van der Waals surface area (Å²) < 4.78 is 27.2. The van der Waals surface area contributed by atoms with Gasteiger partial charge < -0.3 is 5.32 Å². The summed E-state index contributed by atoms with van der Waals surface area (Å²) in [4.78, 5) is 11.4. The van der Waals surface area contributed by atoms with E-state index >= 15 is 0 Å². The van der Waals surface area contributed by atoms with Crippen molar-refractivity contribution in [1.82, 2.24) is 0 Å². The Hall–Kier alpha value is -2.60. The van der Waals surface area contributed by atoms with Crippen LogP contribution in [-0.4, -0.2) is 14.2 Å². The second-order valence-corrected chi connectivity index (χ2v) is 6.85. The zero-order valence-corrected chi connectivity index (χ0v) is 13.8. The number of hydrogen-bond donors (Lipinski definition) is 2. The van der Waals surface area contributed by atoms with Gasteiger partial charge in [0.1, 0.15) is 0 Å². The second-order valence-electron chi connectivity index (χ2n) is 5.17. The van der Waals surface area contributed by atoms with Crippen LogP contribution in [0.1, 0.15) is 24.2 Å². The molecule has 2 rings (SSSR count). The van der Waals surface area contributed by atoms with E-state index in [1.807, 2.05) is 6.92 Å². The molecule has 0 aliphatic rings. The number of rotatable bonds is 6. The molecule has 0 bridgehead atoms. The number of carbonyl (C=O) groups excluding carboxylic acids is 1. The van der Waals surface area contributed by atoms with Crippen LogP contribution >= 0.6 is 0 Å². The Morgan fingerprint density at radius 3 is 1.91 bits per heavy atom. The lowest BCUT2D eigenvalue weighted by Gasteiger charge is -2.10. The Balaban J connectivity index is 2.17. The van der Waals surface area contributed by atoms with Crippen molar-refractivity contribution in [2.45, 2.75) is 18.7 Å². The number of benzene rings is 2. The minimum absolute atomic E-state index is 0.0694. The highest BCUT2D eigenvalue weighted by Gasteiger charge is 2.14. The first-order valence-corrected chi connectivity index (χ1v) is 8.43. The van der Waals surface area contributed by atoms with Crippen molar-refractivity contribution in [2.24, 2.45) is 0 Å². The van der Waals surface area contributed by atoms with E-state index in [1.54, 1.807) is 36.4 Å². The standard InChI is InChI=1S/C17H18N2O3S/c1-12(2)18-15-8-10-17(11-9-15)23(21,22)19-16-6-4-14(5-7-16)13(3)20/h4-11,18-19H,1H2,2-3H3. The summed E-state index contributed by atoms with van der Waals surface area (Å²) in [5.74, 6) is -0.0694. The van der Waals surface area contributed by atoms with Gasteiger partial charge in [0.05, 0.1) is 4.90 Å². The van der Waals surface area contributed by atoms with E-state index in [9.17, 15) is 13.2 Å². The lowest BCUT2D eigenvalue weighted by Crippen LogP contribution is -2.13. The third kappa shape index (κ3) is 4.43. The number of sulfonamides is 1. The van der Waals surface area contributed by atoms with E-state index in [1.165, 1.54) is 19.1 Å². The van der Waals surface area contributed by atoms with Gasteiger partial charge in [-0.05, 0) is 62.4 Å². The first-order chi connectivity index (χ1) is 10.8. The molecule has 0 aliphatic heterocycles. The summed E-state index contributed by atoms with van der Waals surface area (Å²) in [7, 11) is -3.68. The molecule has 0 saturated carbocycles. The van der Waals surface area contributed by atoms with Crippen LogP contribution < -0.4 is 10.0 Å². The molecule has 0 aliphatic carbocycles. The van der Waals surface area contributed by atoms with Crippen LogP contribution in [0.15, 0.2) is 65.7 Å². The number of hydrogen-bond acceptors (Lipinski definition) is 4. The van der Waals surface area contributed by atoms with Crippen molar-refractivity contribution in [1.29, 1.82) is 0 Å². The van der Waals surface area contributed by atoms with Crippen molar-refractivity contribution in [3.05, 3.63) is 66.4 Å². The van der Waals surface area contributed by atoms with Gasteiger partial charge in [0.2, 0.25) is 0 Å². The predicted octanol–water partition coefficient (Wildman–Crippen LogP) is 3.64. The van der Waals surface area contributed by atoms with Gasteiger partial charge in [-0.25, -0.2) is 8.42 Å². The maximum absolute atomic E-state index is 12.3. The number of carbonyl (C=O) groups is 1. The molecule has 2 aromatic rings. The topological polar surface area (TPSA) is 75.3 Å². The number of Topliss-reactive ketones (excluding diaryl/α,β-unsaturated/α-hetero) is 1. The van der Waals surface area contributed by atoms with Crippen molar-refractivity contribution in [3.8, 4) is 0 Å². The van der Waals surface area contributed by atoms with Gasteiger partial charge in [-0.15, -0.1) is 0 Å². The summed E-state index contributed by atoms with van der Waals surface area (Å²) in [6, 6.07) is 12.6. The van der Waals surface area contributed by atoms with E-state index < -0.39 is 10.0 Å². The summed E-state index contributed by atoms with van der Waals surface area (Å²) in [6.07, 6.45) is 0. The summed E-state index contributed by atoms with van der Waals surface area (Å²) in [5, 5.41) is 3.01. The van der Waals surface area contributed by atoms with Crippen LogP contribution in [0.2, 0.25) is 0 Å². The number of nitrogens with one attached hydrogen (secondary N) is 2. The molecule has 6 heteroatoms. The van der Waals surface area contributed by atoms with Gasteiger partial charge in [-0.3, -0.25) is 9.52 Å². The molecule has 0 heterocycles. The molecule has 0 aromatic heterocycles. The third-order valence-corrected chi connectivity index (χ3v) is 4.46. The molecule has 5 nitrogen and oxygen atoms in total. The molecule has 0 unspecified atom stereocenters. The molecule has 0 atom stereocenters. The van der Waals surface area contributed by atoms with Gasteiger partial charge in [-0.1, -0.05) is 6.58 Å². The van der Waals surface area contributed by atoms with Crippen LogP contribution in [0.5, 0.6) is 0 Å². The van der Waals surface area contributed by atoms with E-state index in [0.29, 0.717) is 11.3 Å². The molecule has 23 heavy (non-hydrogen) atoms. The quantitative estimate of drug-likeness (QED) is 0.793. The lowest BCUT2D eigenvalue weighted by molar-refractivity contribution is 0.101. The van der Waals surface area contributed by atoms with Crippen LogP contribution in [-0.2, 0) is 10.0 Å². The smallest absolute Gasteiger partial charge is 0.261 e. The first-order valence-electron chi connectivity index (χ1n) is 6.94. The zero-order chi connectivity index (χ0) is 17.0. The van der Waals surface area contributed by atoms with E-state index in [4.69, 9.17) is 0 Å². The predicted molar refractivity (Wildman–Crippen MR) is 92.1 cm³/mol. The fourth-order valence-corrected chi connectivity index (χ4v) is 3.01.